The van der Waals surface area contributed by atoms with Gasteiger partial charge in [-0.05, 0) is 0 Å². The fraction of sp³-hybridized carbons (Fsp3) is 0.615. The topological polar surface area (TPSA) is 19.4 Å². The van der Waals surface area contributed by atoms with Crippen LogP contribution in [0.25, 0.3) is 0 Å². The molecular formula is C13H21GeN3. The maximum absolute atomic E-state index is 4.59. The van der Waals surface area contributed by atoms with Gasteiger partial charge in [0, 0.05) is 0 Å². The van der Waals surface area contributed by atoms with Crippen molar-refractivity contribution in [2.45, 2.75) is 52.6 Å². The molecule has 4 heteroatoms. The maximum atomic E-state index is 4.59. The predicted octanol–water partition coefficient (Wildman–Crippen LogP) is 2.84. The molecule has 92 valence electrons. The van der Waals surface area contributed by atoms with Crippen LogP contribution in [0.3, 0.4) is 0 Å². The Morgan fingerprint density at radius 3 is 2.12 bits per heavy atom. The van der Waals surface area contributed by atoms with Gasteiger partial charge in [0.2, 0.25) is 0 Å². The standard InChI is InChI=1S/C13H21GeN3/c1-12(2,3)16-10-8-7-9-15-11(10)17(14-16)13(4,5)6/h7-9H,1-6H3. The van der Waals surface area contributed by atoms with Crippen LogP contribution in [0, 0.1) is 0 Å². The minimum atomic E-state index is -0.346. The van der Waals surface area contributed by atoms with Gasteiger partial charge < -0.3 is 0 Å². The summed E-state index contributed by atoms with van der Waals surface area (Å²) in [6, 6.07) is 4.23. The van der Waals surface area contributed by atoms with Gasteiger partial charge in [-0.15, -0.1) is 0 Å². The van der Waals surface area contributed by atoms with Crippen molar-refractivity contribution in [2.75, 3.05) is 7.71 Å². The quantitative estimate of drug-likeness (QED) is 0.685. The summed E-state index contributed by atoms with van der Waals surface area (Å²) in [5, 5.41) is 0. The Morgan fingerprint density at radius 1 is 1.00 bits per heavy atom. The molecule has 2 heterocycles. The summed E-state index contributed by atoms with van der Waals surface area (Å²) in [7, 11) is 0. The average molecular weight is 292 g/mol. The Morgan fingerprint density at radius 2 is 1.59 bits per heavy atom. The Hall–Kier alpha value is -0.707. The van der Waals surface area contributed by atoms with Crippen molar-refractivity contribution in [1.29, 1.82) is 0 Å². The van der Waals surface area contributed by atoms with Crippen LogP contribution in [0.1, 0.15) is 41.5 Å². The van der Waals surface area contributed by atoms with Gasteiger partial charge in [0.05, 0.1) is 0 Å². The summed E-state index contributed by atoms with van der Waals surface area (Å²) in [5.41, 5.74) is 1.64. The summed E-state index contributed by atoms with van der Waals surface area (Å²) in [5.74, 6) is 1.16. The number of fused-ring (bicyclic) bond motifs is 1. The van der Waals surface area contributed by atoms with E-state index < -0.39 is 0 Å². The van der Waals surface area contributed by atoms with E-state index in [1.807, 2.05) is 12.3 Å². The summed E-state index contributed by atoms with van der Waals surface area (Å²) < 4.78 is 5.04. The molecule has 1 aliphatic rings. The van der Waals surface area contributed by atoms with Crippen LogP contribution >= 0.6 is 0 Å². The second-order valence-corrected chi connectivity index (χ2v) is 8.75. The van der Waals surface area contributed by atoms with E-state index in [0.29, 0.717) is 0 Å². The van der Waals surface area contributed by atoms with Crippen molar-refractivity contribution < 1.29 is 0 Å². The van der Waals surface area contributed by atoms with Gasteiger partial charge in [-0.1, -0.05) is 0 Å². The molecule has 1 aromatic rings. The number of hydrogen-bond donors (Lipinski definition) is 0. The van der Waals surface area contributed by atoms with Crippen molar-refractivity contribution in [3.63, 3.8) is 0 Å². The molecular weight excluding hydrogens is 271 g/mol. The van der Waals surface area contributed by atoms with E-state index in [9.17, 15) is 0 Å². The van der Waals surface area contributed by atoms with Crippen LogP contribution in [0.2, 0.25) is 0 Å². The zero-order chi connectivity index (χ0) is 12.8. The van der Waals surface area contributed by atoms with Crippen LogP contribution in [0.5, 0.6) is 0 Å². The van der Waals surface area contributed by atoms with Crippen LogP contribution in [0.4, 0.5) is 11.5 Å². The van der Waals surface area contributed by atoms with Crippen molar-refractivity contribution in [2.24, 2.45) is 0 Å². The number of anilines is 2. The first-order chi connectivity index (χ1) is 7.71. The van der Waals surface area contributed by atoms with Crippen LogP contribution in [0.15, 0.2) is 18.3 Å². The molecule has 1 aromatic heterocycles. The molecule has 0 saturated carbocycles. The van der Waals surface area contributed by atoms with Crippen LogP contribution in [-0.2, 0) is 0 Å². The first-order valence-electron chi connectivity index (χ1n) is 6.03. The zero-order valence-corrected chi connectivity index (χ0v) is 13.7. The number of nitrogens with zero attached hydrogens (tertiary/aromatic N) is 3. The zero-order valence-electron chi connectivity index (χ0n) is 11.6. The Balaban J connectivity index is 2.47. The third-order valence-corrected chi connectivity index (χ3v) is 7.36. The Bertz CT molecular complexity index is 378. The van der Waals surface area contributed by atoms with Crippen LogP contribution < -0.4 is 7.71 Å². The molecule has 1 aliphatic heterocycles. The van der Waals surface area contributed by atoms with E-state index in [4.69, 9.17) is 0 Å². The number of pyridine rings is 1. The molecule has 0 aliphatic carbocycles. The van der Waals surface area contributed by atoms with Crippen molar-refractivity contribution in [3.05, 3.63) is 18.3 Å². The van der Waals surface area contributed by atoms with Gasteiger partial charge in [0.25, 0.3) is 0 Å². The number of hydrogen-bond acceptors (Lipinski definition) is 3. The molecule has 0 amide bonds. The molecule has 3 nitrogen and oxygen atoms in total. The second kappa shape index (κ2) is 3.90. The predicted molar refractivity (Wildman–Crippen MR) is 74.5 cm³/mol. The fourth-order valence-electron chi connectivity index (χ4n) is 1.92. The van der Waals surface area contributed by atoms with Gasteiger partial charge in [0.1, 0.15) is 0 Å². The Labute approximate surface area is 111 Å². The normalized spacial score (nSPS) is 16.4. The summed E-state index contributed by atoms with van der Waals surface area (Å²) in [6.07, 6.45) is 1.90. The van der Waals surface area contributed by atoms with E-state index in [0.717, 1.165) is 5.82 Å². The molecule has 2 radical (unpaired) electrons. The van der Waals surface area contributed by atoms with Gasteiger partial charge in [-0.3, -0.25) is 0 Å². The molecule has 0 spiro atoms. The summed E-state index contributed by atoms with van der Waals surface area (Å²) in [6.45, 7) is 13.6. The van der Waals surface area contributed by atoms with Crippen molar-refractivity contribution >= 4 is 27.4 Å². The van der Waals surface area contributed by atoms with E-state index in [1.54, 1.807) is 0 Å². The first kappa shape index (κ1) is 12.7. The molecule has 0 aromatic carbocycles. The van der Waals surface area contributed by atoms with E-state index in [1.165, 1.54) is 5.69 Å². The molecule has 2 rings (SSSR count). The van der Waals surface area contributed by atoms with Gasteiger partial charge in [-0.25, -0.2) is 0 Å². The third-order valence-electron chi connectivity index (χ3n) is 2.76. The van der Waals surface area contributed by atoms with Gasteiger partial charge in [-0.2, -0.15) is 0 Å². The molecule has 0 fully saturated rings. The SMILES string of the molecule is CC(C)(C)[N]1[Ge][N](C(C)(C)C)c2ncccc21. The molecule has 0 N–H and O–H groups in total. The molecule has 0 bridgehead atoms. The van der Waals surface area contributed by atoms with Crippen molar-refractivity contribution in [3.8, 4) is 0 Å². The minimum absolute atomic E-state index is 0.156. The summed E-state index contributed by atoms with van der Waals surface area (Å²) in [4.78, 5) is 4.59. The van der Waals surface area contributed by atoms with Crippen LogP contribution in [-0.4, -0.2) is 31.9 Å². The number of aromatic nitrogens is 1. The van der Waals surface area contributed by atoms with Crippen molar-refractivity contribution in [1.82, 2.24) is 4.98 Å². The van der Waals surface area contributed by atoms with E-state index >= 15 is 0 Å². The number of rotatable bonds is 0. The third kappa shape index (κ3) is 2.30. The monoisotopic (exact) mass is 293 g/mol. The van der Waals surface area contributed by atoms with E-state index in [-0.39, 0.29) is 27.0 Å². The molecule has 0 unspecified atom stereocenters. The molecule has 0 atom stereocenters. The summed E-state index contributed by atoms with van der Waals surface area (Å²) >= 11 is -0.346. The van der Waals surface area contributed by atoms with Gasteiger partial charge >= 0.3 is 111 Å². The average Bonchev–Trinajstić information content (AvgIpc) is 2.55. The van der Waals surface area contributed by atoms with Gasteiger partial charge in [0.15, 0.2) is 0 Å². The Kier molecular flexibility index (Phi) is 2.93. The first-order valence-corrected chi connectivity index (χ1v) is 7.91. The van der Waals surface area contributed by atoms with E-state index in [2.05, 4.69) is 60.3 Å². The molecule has 0 saturated heterocycles. The fourth-order valence-corrected chi connectivity index (χ4v) is 4.75. The second-order valence-electron chi connectivity index (χ2n) is 6.46. The molecule has 17 heavy (non-hydrogen) atoms.